The fourth-order valence-electron chi connectivity index (χ4n) is 6.01. The number of fused-ring (bicyclic) bond motifs is 2. The van der Waals surface area contributed by atoms with E-state index in [0.29, 0.717) is 51.9 Å². The molecule has 4 rings (SSSR count). The molecule has 1 saturated carbocycles. The van der Waals surface area contributed by atoms with Crippen molar-refractivity contribution in [3.63, 3.8) is 0 Å². The van der Waals surface area contributed by atoms with Gasteiger partial charge in [-0.3, -0.25) is 9.59 Å². The molecule has 40 heavy (non-hydrogen) atoms. The van der Waals surface area contributed by atoms with Gasteiger partial charge < -0.3 is 29.1 Å². The van der Waals surface area contributed by atoms with Crippen LogP contribution in [0.5, 0.6) is 5.75 Å². The molecule has 0 aromatic heterocycles. The topological polar surface area (TPSA) is 106 Å². The highest BCUT2D eigenvalue weighted by Gasteiger charge is 2.58. The first-order valence-corrected chi connectivity index (χ1v) is 14.7. The SMILES string of the molecule is CCOCO[C@@H]1C[C@H]2C(=O)CCC[C@]3(C(=O)O)C[C@H]3/C=C\CCCCCN(Cc3ccc(OC)cc3)C(=O)N2C1. The van der Waals surface area contributed by atoms with Crippen molar-refractivity contribution < 1.29 is 33.7 Å². The van der Waals surface area contributed by atoms with Gasteiger partial charge >= 0.3 is 12.0 Å². The number of aliphatic carboxylic acids is 1. The van der Waals surface area contributed by atoms with Crippen molar-refractivity contribution in [2.24, 2.45) is 11.3 Å². The van der Waals surface area contributed by atoms with E-state index in [-0.39, 0.29) is 37.0 Å². The van der Waals surface area contributed by atoms with Crippen molar-refractivity contribution >= 4 is 17.8 Å². The minimum atomic E-state index is -0.774. The summed E-state index contributed by atoms with van der Waals surface area (Å²) in [6.07, 6.45) is 9.81. The number of carboxylic acids is 1. The average Bonchev–Trinajstić information content (AvgIpc) is 3.50. The van der Waals surface area contributed by atoms with Crippen molar-refractivity contribution in [1.82, 2.24) is 9.80 Å². The van der Waals surface area contributed by atoms with E-state index in [0.717, 1.165) is 37.0 Å². The van der Waals surface area contributed by atoms with E-state index in [9.17, 15) is 19.5 Å². The van der Waals surface area contributed by atoms with Crippen molar-refractivity contribution in [2.45, 2.75) is 83.4 Å². The average molecular weight is 557 g/mol. The van der Waals surface area contributed by atoms with Crippen molar-refractivity contribution in [3.8, 4) is 5.75 Å². The Morgan fingerprint density at radius 3 is 2.65 bits per heavy atom. The van der Waals surface area contributed by atoms with E-state index in [4.69, 9.17) is 14.2 Å². The van der Waals surface area contributed by atoms with E-state index < -0.39 is 17.4 Å². The van der Waals surface area contributed by atoms with E-state index in [1.165, 1.54) is 0 Å². The van der Waals surface area contributed by atoms with Gasteiger partial charge in [-0.15, -0.1) is 0 Å². The minimum Gasteiger partial charge on any atom is -0.497 e. The lowest BCUT2D eigenvalue weighted by molar-refractivity contribution is -0.144. The van der Waals surface area contributed by atoms with Crippen LogP contribution in [-0.2, 0) is 25.6 Å². The Bertz CT molecular complexity index is 1040. The number of carbonyl (C=O) groups is 3. The van der Waals surface area contributed by atoms with Gasteiger partial charge in [0.05, 0.1) is 24.7 Å². The number of ether oxygens (including phenoxy) is 3. The van der Waals surface area contributed by atoms with Gasteiger partial charge in [-0.25, -0.2) is 4.79 Å². The number of hydrogen-bond donors (Lipinski definition) is 1. The number of carbonyl (C=O) groups excluding carboxylic acids is 2. The lowest BCUT2D eigenvalue weighted by Crippen LogP contribution is -2.48. The molecular formula is C31H44N2O7. The first-order valence-electron chi connectivity index (χ1n) is 14.7. The monoisotopic (exact) mass is 556 g/mol. The van der Waals surface area contributed by atoms with Crippen LogP contribution in [0.2, 0.25) is 0 Å². The molecule has 9 heteroatoms. The fraction of sp³-hybridized carbons (Fsp3) is 0.645. The molecule has 0 radical (unpaired) electrons. The van der Waals surface area contributed by atoms with Gasteiger partial charge in [-0.05, 0) is 69.1 Å². The molecule has 1 N–H and O–H groups in total. The lowest BCUT2D eigenvalue weighted by atomic mass is 9.93. The molecule has 2 amide bonds. The third kappa shape index (κ3) is 7.43. The van der Waals surface area contributed by atoms with Crippen LogP contribution in [0.25, 0.3) is 0 Å². The van der Waals surface area contributed by atoms with E-state index in [1.54, 1.807) is 12.0 Å². The third-order valence-electron chi connectivity index (χ3n) is 8.55. The van der Waals surface area contributed by atoms with Gasteiger partial charge in [-0.2, -0.15) is 0 Å². The van der Waals surface area contributed by atoms with Crippen molar-refractivity contribution in [1.29, 1.82) is 0 Å². The second-order valence-corrected chi connectivity index (χ2v) is 11.2. The molecule has 1 aromatic carbocycles. The van der Waals surface area contributed by atoms with Crippen LogP contribution in [0.1, 0.15) is 70.3 Å². The Morgan fingerprint density at radius 1 is 1.12 bits per heavy atom. The van der Waals surface area contributed by atoms with Gasteiger partial charge in [0.2, 0.25) is 0 Å². The maximum atomic E-state index is 14.0. The van der Waals surface area contributed by atoms with Crippen molar-refractivity contribution in [3.05, 3.63) is 42.0 Å². The number of carboxylic acid groups (broad SMARTS) is 1. The molecule has 0 bridgehead atoms. The van der Waals surface area contributed by atoms with Crippen LogP contribution >= 0.6 is 0 Å². The first-order chi connectivity index (χ1) is 19.4. The summed E-state index contributed by atoms with van der Waals surface area (Å²) in [6.45, 7) is 3.88. The highest BCUT2D eigenvalue weighted by Crippen LogP contribution is 2.57. The maximum Gasteiger partial charge on any atom is 0.321 e. The Kier molecular flexibility index (Phi) is 10.6. The summed E-state index contributed by atoms with van der Waals surface area (Å²) in [6, 6.07) is 6.95. The summed E-state index contributed by atoms with van der Waals surface area (Å²) in [7, 11) is 1.63. The van der Waals surface area contributed by atoms with Gasteiger partial charge in [0.1, 0.15) is 12.5 Å². The van der Waals surface area contributed by atoms with E-state index in [2.05, 4.69) is 12.2 Å². The van der Waals surface area contributed by atoms with Crippen LogP contribution < -0.4 is 4.74 Å². The quantitative estimate of drug-likeness (QED) is 0.272. The predicted molar refractivity (Wildman–Crippen MR) is 150 cm³/mol. The highest BCUT2D eigenvalue weighted by atomic mass is 16.7. The van der Waals surface area contributed by atoms with Crippen LogP contribution in [0.3, 0.4) is 0 Å². The first kappa shape index (κ1) is 30.1. The number of Topliss-reactive ketones (excluding diaryl/α,β-unsaturated/α-hetero) is 1. The predicted octanol–water partition coefficient (Wildman–Crippen LogP) is 5.03. The molecule has 1 aromatic rings. The van der Waals surface area contributed by atoms with Crippen LogP contribution in [0.4, 0.5) is 4.79 Å². The number of hydrogen-bond acceptors (Lipinski definition) is 6. The molecule has 1 aliphatic carbocycles. The molecule has 2 heterocycles. The Balaban J connectivity index is 1.53. The van der Waals surface area contributed by atoms with Gasteiger partial charge in [0.15, 0.2) is 5.78 Å². The van der Waals surface area contributed by atoms with E-state index >= 15 is 0 Å². The van der Waals surface area contributed by atoms with Crippen molar-refractivity contribution in [2.75, 3.05) is 33.6 Å². The number of benzene rings is 1. The highest BCUT2D eigenvalue weighted by molar-refractivity contribution is 5.89. The van der Waals surface area contributed by atoms with E-state index in [1.807, 2.05) is 36.1 Å². The molecule has 3 aliphatic rings. The summed E-state index contributed by atoms with van der Waals surface area (Å²) in [4.78, 5) is 43.1. The summed E-state index contributed by atoms with van der Waals surface area (Å²) in [5, 5.41) is 9.92. The largest absolute Gasteiger partial charge is 0.497 e. The summed E-state index contributed by atoms with van der Waals surface area (Å²) in [5.74, 6) is -0.00729. The maximum absolute atomic E-state index is 14.0. The second kappa shape index (κ2) is 14.1. The standard InChI is InChI=1S/C31H44N2O7/c1-3-39-22-40-26-18-27-28(34)11-9-16-31(29(35)36)19-24(31)10-7-5-4-6-8-17-32(30(37)33(27)21-26)20-23-12-14-25(38-2)15-13-23/h7,10,12-15,24,26-27H,3-6,8-9,11,16-22H2,1-2H3,(H,35,36)/b10-7-/t24-,26-,27+,31+/m1/s1. The molecule has 0 unspecified atom stereocenters. The number of nitrogens with zero attached hydrogens (tertiary/aromatic N) is 2. The number of amides is 2. The molecule has 9 nitrogen and oxygen atoms in total. The number of ketones is 1. The summed E-state index contributed by atoms with van der Waals surface area (Å²) in [5.41, 5.74) is 0.237. The Morgan fingerprint density at radius 2 is 1.93 bits per heavy atom. The molecule has 1 saturated heterocycles. The zero-order chi connectivity index (χ0) is 28.5. The number of allylic oxidation sites excluding steroid dienone is 2. The second-order valence-electron chi connectivity index (χ2n) is 11.2. The summed E-state index contributed by atoms with van der Waals surface area (Å²) < 4.78 is 16.5. The normalized spacial score (nSPS) is 28.9. The number of rotatable bonds is 8. The third-order valence-corrected chi connectivity index (χ3v) is 8.55. The molecule has 4 atom stereocenters. The zero-order valence-electron chi connectivity index (χ0n) is 23.9. The molecule has 2 fully saturated rings. The van der Waals surface area contributed by atoms with Crippen LogP contribution in [0, 0.1) is 11.3 Å². The fourth-order valence-corrected chi connectivity index (χ4v) is 6.01. The molecular weight excluding hydrogens is 512 g/mol. The number of urea groups is 1. The zero-order valence-corrected chi connectivity index (χ0v) is 23.9. The van der Waals surface area contributed by atoms with Gasteiger partial charge in [0.25, 0.3) is 0 Å². The molecule has 2 aliphatic heterocycles. The molecule has 220 valence electrons. The lowest BCUT2D eigenvalue weighted by Gasteiger charge is -2.31. The van der Waals surface area contributed by atoms with Gasteiger partial charge in [0, 0.05) is 39.1 Å². The number of methoxy groups -OCH3 is 1. The molecule has 0 spiro atoms. The summed E-state index contributed by atoms with van der Waals surface area (Å²) >= 11 is 0. The smallest absolute Gasteiger partial charge is 0.321 e. The minimum absolute atomic E-state index is 0.0298. The van der Waals surface area contributed by atoms with Crippen LogP contribution in [-0.4, -0.2) is 78.4 Å². The Labute approximate surface area is 237 Å². The Hall–Kier alpha value is -2.91. The van der Waals surface area contributed by atoms with Gasteiger partial charge in [-0.1, -0.05) is 30.7 Å². The van der Waals surface area contributed by atoms with Crippen LogP contribution in [0.15, 0.2) is 36.4 Å².